The molecule has 2 aromatic rings. The first-order valence-electron chi connectivity index (χ1n) is 8.92. The van der Waals surface area contributed by atoms with Gasteiger partial charge in [0, 0.05) is 11.3 Å². The molecule has 1 aliphatic heterocycles. The number of nitrogens with zero attached hydrogens (tertiary/aromatic N) is 1. The molecular weight excluding hydrogens is 314 g/mol. The summed E-state index contributed by atoms with van der Waals surface area (Å²) in [6.45, 7) is 5.28. The molecule has 0 radical (unpaired) electrons. The number of anilines is 1. The first-order valence-corrected chi connectivity index (χ1v) is 8.92. The van der Waals surface area contributed by atoms with E-state index in [0.717, 1.165) is 44.2 Å². The van der Waals surface area contributed by atoms with E-state index >= 15 is 0 Å². The van der Waals surface area contributed by atoms with E-state index in [2.05, 4.69) is 34.9 Å². The van der Waals surface area contributed by atoms with Gasteiger partial charge in [-0.1, -0.05) is 0 Å². The lowest BCUT2D eigenvalue weighted by molar-refractivity contribution is -0.938. The van der Waals surface area contributed by atoms with Gasteiger partial charge in [0.25, 0.3) is 0 Å². The van der Waals surface area contributed by atoms with Gasteiger partial charge in [0.2, 0.25) is 0 Å². The third-order valence-corrected chi connectivity index (χ3v) is 5.14. The van der Waals surface area contributed by atoms with E-state index in [-0.39, 0.29) is 0 Å². The van der Waals surface area contributed by atoms with Crippen LogP contribution < -0.4 is 25.0 Å². The Hall–Kier alpha value is -2.24. The number of quaternary nitrogens is 2. The Balaban J connectivity index is 1.62. The molecule has 1 saturated heterocycles. The molecule has 1 heterocycles. The van der Waals surface area contributed by atoms with E-state index in [1.807, 2.05) is 24.3 Å². The minimum atomic E-state index is 0.448. The molecule has 0 aliphatic carbocycles. The second-order valence-electron chi connectivity index (χ2n) is 6.46. The number of nitrogens with one attached hydrogen (secondary N) is 1. The second-order valence-corrected chi connectivity index (χ2v) is 6.46. The topological polar surface area (TPSA) is 53.8 Å². The molecule has 2 aromatic carbocycles. The van der Waals surface area contributed by atoms with Gasteiger partial charge in [-0.05, 0) is 48.5 Å². The van der Waals surface area contributed by atoms with Gasteiger partial charge < -0.3 is 25.0 Å². The third kappa shape index (κ3) is 4.06. The van der Waals surface area contributed by atoms with Crippen molar-refractivity contribution >= 4 is 5.69 Å². The summed E-state index contributed by atoms with van der Waals surface area (Å²) in [7, 11) is 3.41. The molecule has 4 N–H and O–H groups in total. The number of hydrogen-bond donors (Lipinski definition) is 2. The van der Waals surface area contributed by atoms with Crippen LogP contribution >= 0.6 is 0 Å². The zero-order valence-electron chi connectivity index (χ0n) is 15.2. The second kappa shape index (κ2) is 8.23. The first kappa shape index (κ1) is 17.6. The van der Waals surface area contributed by atoms with Crippen LogP contribution in [0.25, 0.3) is 0 Å². The van der Waals surface area contributed by atoms with Gasteiger partial charge in [-0.2, -0.15) is 0 Å². The predicted octanol–water partition coefficient (Wildman–Crippen LogP) is 0.392. The monoisotopic (exact) mass is 343 g/mol. The highest BCUT2D eigenvalue weighted by molar-refractivity contribution is 5.49. The fraction of sp³-hybridized carbons (Fsp3) is 0.400. The predicted molar refractivity (Wildman–Crippen MR) is 99.4 cm³/mol. The van der Waals surface area contributed by atoms with Gasteiger partial charge in [0.05, 0.1) is 40.4 Å². The fourth-order valence-corrected chi connectivity index (χ4v) is 3.64. The van der Waals surface area contributed by atoms with Gasteiger partial charge in [-0.25, -0.2) is 0 Å². The zero-order chi connectivity index (χ0) is 17.6. The minimum Gasteiger partial charge on any atom is -0.497 e. The molecule has 25 heavy (non-hydrogen) atoms. The van der Waals surface area contributed by atoms with E-state index in [9.17, 15) is 0 Å². The summed E-state index contributed by atoms with van der Waals surface area (Å²) in [5, 5.41) is 0. The van der Waals surface area contributed by atoms with E-state index < -0.39 is 0 Å². The van der Waals surface area contributed by atoms with Crippen LogP contribution in [0.1, 0.15) is 11.6 Å². The van der Waals surface area contributed by atoms with Crippen LogP contribution in [0.5, 0.6) is 11.5 Å². The van der Waals surface area contributed by atoms with Crippen LogP contribution in [0.3, 0.4) is 0 Å². The maximum absolute atomic E-state index is 5.27. The zero-order valence-corrected chi connectivity index (χ0v) is 15.2. The Bertz CT molecular complexity index is 650. The first-order chi connectivity index (χ1) is 12.2. The largest absolute Gasteiger partial charge is 0.497 e. The summed E-state index contributed by atoms with van der Waals surface area (Å²) in [5.74, 6) is 1.82. The Morgan fingerprint density at radius 1 is 0.920 bits per heavy atom. The lowest BCUT2D eigenvalue weighted by Gasteiger charge is -2.36. The molecule has 1 fully saturated rings. The SMILES string of the molecule is COc1ccc([C@@H](C[NH3+])[NH+]2CCN(c3ccc(OC)cc3)CC2)cc1. The van der Waals surface area contributed by atoms with Gasteiger partial charge in [-0.15, -0.1) is 0 Å². The highest BCUT2D eigenvalue weighted by Crippen LogP contribution is 2.20. The van der Waals surface area contributed by atoms with Crippen LogP contribution in [0, 0.1) is 0 Å². The van der Waals surface area contributed by atoms with Crippen LogP contribution in [-0.4, -0.2) is 46.9 Å². The van der Waals surface area contributed by atoms with Crippen LogP contribution in [0.2, 0.25) is 0 Å². The molecular formula is C20H29N3O2+2. The number of piperazine rings is 1. The van der Waals surface area contributed by atoms with Gasteiger partial charge in [0.15, 0.2) is 6.04 Å². The van der Waals surface area contributed by atoms with Gasteiger partial charge in [-0.3, -0.25) is 0 Å². The molecule has 0 amide bonds. The highest BCUT2D eigenvalue weighted by Gasteiger charge is 2.29. The molecule has 0 bridgehead atoms. The van der Waals surface area contributed by atoms with E-state index in [1.165, 1.54) is 11.3 Å². The van der Waals surface area contributed by atoms with Crippen molar-refractivity contribution in [2.24, 2.45) is 0 Å². The average molecular weight is 343 g/mol. The summed E-state index contributed by atoms with van der Waals surface area (Å²) in [4.78, 5) is 4.07. The average Bonchev–Trinajstić information content (AvgIpc) is 2.70. The van der Waals surface area contributed by atoms with Crippen molar-refractivity contribution in [2.75, 3.05) is 51.8 Å². The van der Waals surface area contributed by atoms with Crippen molar-refractivity contribution in [3.8, 4) is 11.5 Å². The molecule has 1 atom stereocenters. The van der Waals surface area contributed by atoms with Gasteiger partial charge >= 0.3 is 0 Å². The molecule has 0 aromatic heterocycles. The molecule has 5 nitrogen and oxygen atoms in total. The van der Waals surface area contributed by atoms with Crippen molar-refractivity contribution in [2.45, 2.75) is 6.04 Å². The molecule has 134 valence electrons. The van der Waals surface area contributed by atoms with Crippen molar-refractivity contribution < 1.29 is 20.1 Å². The summed E-state index contributed by atoms with van der Waals surface area (Å²) in [6, 6.07) is 17.3. The molecule has 5 heteroatoms. The standard InChI is InChI=1S/C20H27N3O2/c1-24-18-7-3-16(4-8-18)20(15-21)23-13-11-22(12-14-23)17-5-9-19(25-2)10-6-17/h3-10,20H,11-15,21H2,1-2H3/p+2/t20-/m1/s1. The fourth-order valence-electron chi connectivity index (χ4n) is 3.64. The smallest absolute Gasteiger partial charge is 0.163 e. The number of ether oxygens (including phenoxy) is 2. The van der Waals surface area contributed by atoms with E-state index in [1.54, 1.807) is 19.1 Å². The van der Waals surface area contributed by atoms with Crippen molar-refractivity contribution in [1.29, 1.82) is 0 Å². The summed E-state index contributed by atoms with van der Waals surface area (Å²) < 4.78 is 10.5. The van der Waals surface area contributed by atoms with Crippen molar-refractivity contribution in [3.05, 3.63) is 54.1 Å². The van der Waals surface area contributed by atoms with Crippen molar-refractivity contribution in [1.82, 2.24) is 0 Å². The number of rotatable bonds is 6. The minimum absolute atomic E-state index is 0.448. The van der Waals surface area contributed by atoms with Crippen LogP contribution in [0.15, 0.2) is 48.5 Å². The quantitative estimate of drug-likeness (QED) is 0.798. The normalized spacial score (nSPS) is 16.5. The summed E-state index contributed by atoms with van der Waals surface area (Å²) in [5.41, 5.74) is 6.82. The molecule has 0 saturated carbocycles. The number of hydrogen-bond acceptors (Lipinski definition) is 3. The van der Waals surface area contributed by atoms with Gasteiger partial charge in [0.1, 0.15) is 18.0 Å². The lowest BCUT2D eigenvalue weighted by Crippen LogP contribution is -3.16. The summed E-state index contributed by atoms with van der Waals surface area (Å²) in [6.07, 6.45) is 0. The van der Waals surface area contributed by atoms with E-state index in [4.69, 9.17) is 9.47 Å². The Labute approximate surface area is 149 Å². The molecule has 0 spiro atoms. The number of methoxy groups -OCH3 is 2. The lowest BCUT2D eigenvalue weighted by atomic mass is 10.0. The van der Waals surface area contributed by atoms with Crippen LogP contribution in [-0.2, 0) is 0 Å². The Morgan fingerprint density at radius 3 is 1.92 bits per heavy atom. The Kier molecular flexibility index (Phi) is 5.79. The third-order valence-electron chi connectivity index (χ3n) is 5.14. The number of benzene rings is 2. The highest BCUT2D eigenvalue weighted by atomic mass is 16.5. The van der Waals surface area contributed by atoms with E-state index in [0.29, 0.717) is 6.04 Å². The summed E-state index contributed by atoms with van der Waals surface area (Å²) >= 11 is 0. The maximum Gasteiger partial charge on any atom is 0.163 e. The molecule has 1 aliphatic rings. The van der Waals surface area contributed by atoms with Crippen LogP contribution in [0.4, 0.5) is 5.69 Å². The molecule has 0 unspecified atom stereocenters. The van der Waals surface area contributed by atoms with Crippen molar-refractivity contribution in [3.63, 3.8) is 0 Å². The maximum atomic E-state index is 5.27. The Morgan fingerprint density at radius 2 is 1.44 bits per heavy atom. The molecule has 3 rings (SSSR count).